The molecule has 1 atom stereocenters. The highest BCUT2D eigenvalue weighted by atomic mass is 32.2. The van der Waals surface area contributed by atoms with Gasteiger partial charge in [0.15, 0.2) is 0 Å². The second kappa shape index (κ2) is 6.61. The summed E-state index contributed by atoms with van der Waals surface area (Å²) in [6, 6.07) is 9.48. The first-order valence-corrected chi connectivity index (χ1v) is 7.54. The molecule has 1 aromatic carbocycles. The fourth-order valence-electron chi connectivity index (χ4n) is 1.96. The molecule has 0 spiro atoms. The second-order valence-corrected chi connectivity index (χ2v) is 5.68. The molecule has 2 aromatic rings. The van der Waals surface area contributed by atoms with E-state index in [2.05, 4.69) is 9.72 Å². The van der Waals surface area contributed by atoms with Crippen molar-refractivity contribution in [2.24, 2.45) is 5.92 Å². The third kappa shape index (κ3) is 3.42. The highest BCUT2D eigenvalue weighted by molar-refractivity contribution is 7.98. The van der Waals surface area contributed by atoms with Gasteiger partial charge in [0.2, 0.25) is 0 Å². The summed E-state index contributed by atoms with van der Waals surface area (Å²) in [5.74, 6) is 0.991. The Morgan fingerprint density at radius 2 is 2.15 bits per heavy atom. The van der Waals surface area contributed by atoms with Gasteiger partial charge >= 0.3 is 5.97 Å². The standard InChI is InChI=1S/C15H17NO3S/c1-10(15(18)19-2)8-20-9-12-7-11-5-3-4-6-13(11)14(17)16-12/h3-7,10H,8-9H2,1-2H3,(H,16,17)/t10-/m1/s1. The number of H-pyrrole nitrogens is 1. The van der Waals surface area contributed by atoms with E-state index < -0.39 is 0 Å². The van der Waals surface area contributed by atoms with Gasteiger partial charge in [0.1, 0.15) is 0 Å². The number of nitrogens with one attached hydrogen (secondary N) is 1. The summed E-state index contributed by atoms with van der Waals surface area (Å²) in [4.78, 5) is 26.1. The van der Waals surface area contributed by atoms with Crippen molar-refractivity contribution in [3.05, 3.63) is 46.4 Å². The minimum atomic E-state index is -0.204. The van der Waals surface area contributed by atoms with Crippen LogP contribution in [0.4, 0.5) is 0 Å². The molecule has 0 fully saturated rings. The first kappa shape index (κ1) is 14.7. The van der Waals surface area contributed by atoms with Gasteiger partial charge in [-0.15, -0.1) is 0 Å². The van der Waals surface area contributed by atoms with Gasteiger partial charge in [-0.2, -0.15) is 11.8 Å². The number of fused-ring (bicyclic) bond motifs is 1. The zero-order valence-corrected chi connectivity index (χ0v) is 12.3. The van der Waals surface area contributed by atoms with Crippen molar-refractivity contribution in [1.29, 1.82) is 0 Å². The molecule has 0 bridgehead atoms. The minimum absolute atomic E-state index is 0.0697. The molecule has 1 aromatic heterocycles. The van der Waals surface area contributed by atoms with E-state index in [1.165, 1.54) is 7.11 Å². The number of methoxy groups -OCH3 is 1. The van der Waals surface area contributed by atoms with E-state index in [1.54, 1.807) is 11.8 Å². The van der Waals surface area contributed by atoms with Gasteiger partial charge in [0.05, 0.1) is 13.0 Å². The highest BCUT2D eigenvalue weighted by Crippen LogP contribution is 2.17. The predicted molar refractivity (Wildman–Crippen MR) is 81.9 cm³/mol. The van der Waals surface area contributed by atoms with E-state index in [0.29, 0.717) is 16.9 Å². The summed E-state index contributed by atoms with van der Waals surface area (Å²) in [6.45, 7) is 1.84. The topological polar surface area (TPSA) is 59.2 Å². The van der Waals surface area contributed by atoms with Crippen LogP contribution in [0.25, 0.3) is 10.8 Å². The lowest BCUT2D eigenvalue weighted by Crippen LogP contribution is -2.15. The van der Waals surface area contributed by atoms with Gasteiger partial charge in [-0.3, -0.25) is 9.59 Å². The molecule has 20 heavy (non-hydrogen) atoms. The van der Waals surface area contributed by atoms with E-state index in [-0.39, 0.29) is 17.4 Å². The molecule has 2 rings (SSSR count). The molecule has 0 amide bonds. The molecule has 106 valence electrons. The second-order valence-electron chi connectivity index (χ2n) is 4.65. The smallest absolute Gasteiger partial charge is 0.309 e. The molecule has 5 heteroatoms. The van der Waals surface area contributed by atoms with E-state index in [4.69, 9.17) is 0 Å². The number of esters is 1. The number of carbonyl (C=O) groups excluding carboxylic acids is 1. The lowest BCUT2D eigenvalue weighted by atomic mass is 10.1. The van der Waals surface area contributed by atoms with E-state index in [9.17, 15) is 9.59 Å². The summed E-state index contributed by atoms with van der Waals surface area (Å²) in [5.41, 5.74) is 0.801. The van der Waals surface area contributed by atoms with Crippen LogP contribution in [0.3, 0.4) is 0 Å². The first-order chi connectivity index (χ1) is 9.61. The SMILES string of the molecule is COC(=O)[C@H](C)CSCc1cc2ccccc2c(=O)[nH]1. The quantitative estimate of drug-likeness (QED) is 0.860. The molecule has 0 radical (unpaired) electrons. The summed E-state index contributed by atoms with van der Waals surface area (Å²) < 4.78 is 4.68. The third-order valence-corrected chi connectivity index (χ3v) is 4.29. The minimum Gasteiger partial charge on any atom is -0.469 e. The molecule has 4 nitrogen and oxygen atoms in total. The number of ether oxygens (including phenoxy) is 1. The Bertz CT molecular complexity index is 665. The third-order valence-electron chi connectivity index (χ3n) is 3.04. The van der Waals surface area contributed by atoms with E-state index in [0.717, 1.165) is 11.1 Å². The molecule has 0 aliphatic rings. The van der Waals surface area contributed by atoms with Crippen LogP contribution in [-0.2, 0) is 15.3 Å². The van der Waals surface area contributed by atoms with Crippen LogP contribution in [-0.4, -0.2) is 23.8 Å². The maximum absolute atomic E-state index is 11.9. The summed E-state index contributed by atoms with van der Waals surface area (Å²) in [7, 11) is 1.39. The molecular formula is C15H17NO3S. The van der Waals surface area contributed by atoms with Crippen molar-refractivity contribution in [3.63, 3.8) is 0 Å². The number of pyridine rings is 1. The Morgan fingerprint density at radius 1 is 1.40 bits per heavy atom. The van der Waals surface area contributed by atoms with Crippen molar-refractivity contribution in [2.75, 3.05) is 12.9 Å². The van der Waals surface area contributed by atoms with Gasteiger partial charge in [-0.1, -0.05) is 25.1 Å². The van der Waals surface area contributed by atoms with Crippen LogP contribution in [0.1, 0.15) is 12.6 Å². The number of thioether (sulfide) groups is 1. The van der Waals surface area contributed by atoms with Gasteiger partial charge in [-0.05, 0) is 17.5 Å². The summed E-state index contributed by atoms with van der Waals surface area (Å²) in [5, 5.41) is 1.64. The maximum atomic E-state index is 11.9. The van der Waals surface area contributed by atoms with Crippen LogP contribution in [0.15, 0.2) is 35.1 Å². The average Bonchev–Trinajstić information content (AvgIpc) is 2.46. The fraction of sp³-hybridized carbons (Fsp3) is 0.333. The number of aromatic amines is 1. The Kier molecular flexibility index (Phi) is 4.84. The maximum Gasteiger partial charge on any atom is 0.309 e. The number of aromatic nitrogens is 1. The van der Waals surface area contributed by atoms with E-state index in [1.807, 2.05) is 37.3 Å². The largest absolute Gasteiger partial charge is 0.469 e. The zero-order valence-electron chi connectivity index (χ0n) is 11.5. The molecule has 0 aliphatic carbocycles. The van der Waals surface area contributed by atoms with Crippen LogP contribution in [0, 0.1) is 5.92 Å². The Labute approximate surface area is 121 Å². The number of hydrogen-bond donors (Lipinski definition) is 1. The van der Waals surface area contributed by atoms with Crippen molar-refractivity contribution < 1.29 is 9.53 Å². The van der Waals surface area contributed by atoms with Crippen molar-refractivity contribution in [2.45, 2.75) is 12.7 Å². The molecule has 0 aliphatic heterocycles. The average molecular weight is 291 g/mol. The molecular weight excluding hydrogens is 274 g/mol. The lowest BCUT2D eigenvalue weighted by Gasteiger charge is -2.08. The fourth-order valence-corrected chi connectivity index (χ4v) is 2.94. The Morgan fingerprint density at radius 3 is 2.90 bits per heavy atom. The number of hydrogen-bond acceptors (Lipinski definition) is 4. The number of benzene rings is 1. The van der Waals surface area contributed by atoms with Gasteiger partial charge in [-0.25, -0.2) is 0 Å². The van der Waals surface area contributed by atoms with Crippen molar-refractivity contribution in [1.82, 2.24) is 4.98 Å². The number of carbonyl (C=O) groups is 1. The van der Waals surface area contributed by atoms with Gasteiger partial charge in [0.25, 0.3) is 5.56 Å². The highest BCUT2D eigenvalue weighted by Gasteiger charge is 2.12. The molecule has 0 saturated carbocycles. The molecule has 1 N–H and O–H groups in total. The van der Waals surface area contributed by atoms with Gasteiger partial charge in [0, 0.05) is 22.6 Å². The van der Waals surface area contributed by atoms with E-state index >= 15 is 0 Å². The Hall–Kier alpha value is -1.75. The van der Waals surface area contributed by atoms with Gasteiger partial charge < -0.3 is 9.72 Å². The van der Waals surface area contributed by atoms with Crippen LogP contribution in [0.5, 0.6) is 0 Å². The monoisotopic (exact) mass is 291 g/mol. The summed E-state index contributed by atoms with van der Waals surface area (Å²) >= 11 is 1.60. The zero-order chi connectivity index (χ0) is 14.5. The first-order valence-electron chi connectivity index (χ1n) is 6.38. The summed E-state index contributed by atoms with van der Waals surface area (Å²) in [6.07, 6.45) is 0. The molecule has 1 heterocycles. The lowest BCUT2D eigenvalue weighted by molar-refractivity contribution is -0.143. The predicted octanol–water partition coefficient (Wildman–Crippen LogP) is 2.57. The van der Waals surface area contributed by atoms with Crippen molar-refractivity contribution in [3.8, 4) is 0 Å². The van der Waals surface area contributed by atoms with Crippen molar-refractivity contribution >= 4 is 28.5 Å². The molecule has 0 saturated heterocycles. The van der Waals surface area contributed by atoms with Crippen LogP contribution < -0.4 is 5.56 Å². The normalized spacial score (nSPS) is 12.3. The Balaban J connectivity index is 2.04. The number of rotatable bonds is 5. The van der Waals surface area contributed by atoms with Crippen LogP contribution in [0.2, 0.25) is 0 Å². The van der Waals surface area contributed by atoms with Crippen LogP contribution >= 0.6 is 11.8 Å². The molecule has 0 unspecified atom stereocenters.